The van der Waals surface area contributed by atoms with Gasteiger partial charge in [-0.1, -0.05) is 41.1 Å². The number of thiocarbonyl (C=S) groups is 1. The van der Waals surface area contributed by atoms with Crippen LogP contribution in [0.25, 0.3) is 0 Å². The Balaban J connectivity index is 2.02. The average Bonchev–Trinajstić information content (AvgIpc) is 2.46. The maximum Gasteiger partial charge on any atom is 0.175 e. The third-order valence-electron chi connectivity index (χ3n) is 2.68. The van der Waals surface area contributed by atoms with Gasteiger partial charge < -0.3 is 15.4 Å². The highest BCUT2D eigenvalue weighted by atomic mass is 79.9. The molecule has 0 saturated heterocycles. The minimum atomic E-state index is 0.528. The Labute approximate surface area is 138 Å². The van der Waals surface area contributed by atoms with Gasteiger partial charge in [-0.15, -0.1) is 0 Å². The Hall–Kier alpha value is -1.59. The first-order valence-corrected chi connectivity index (χ1v) is 7.94. The van der Waals surface area contributed by atoms with Gasteiger partial charge in [0.2, 0.25) is 0 Å². The van der Waals surface area contributed by atoms with Crippen molar-refractivity contribution < 1.29 is 4.74 Å². The summed E-state index contributed by atoms with van der Waals surface area (Å²) in [5.74, 6) is 0.803. The highest BCUT2D eigenvalue weighted by Crippen LogP contribution is 2.24. The zero-order valence-corrected chi connectivity index (χ0v) is 14.1. The molecule has 110 valence electrons. The Bertz CT molecular complexity index is 619. The molecule has 0 aliphatic rings. The lowest BCUT2D eigenvalue weighted by molar-refractivity contribution is 0.319. The lowest BCUT2D eigenvalue weighted by atomic mass is 10.3. The molecule has 21 heavy (non-hydrogen) atoms. The van der Waals surface area contributed by atoms with E-state index in [1.165, 1.54) is 0 Å². The summed E-state index contributed by atoms with van der Waals surface area (Å²) >= 11 is 8.78. The number of rotatable bonds is 5. The molecule has 0 aliphatic heterocycles. The number of para-hydroxylation sites is 2. The molecule has 5 heteroatoms. The van der Waals surface area contributed by atoms with Gasteiger partial charge in [-0.05, 0) is 49.0 Å². The van der Waals surface area contributed by atoms with Crippen LogP contribution < -0.4 is 15.4 Å². The van der Waals surface area contributed by atoms with Crippen molar-refractivity contribution in [1.82, 2.24) is 0 Å². The second-order valence-electron chi connectivity index (χ2n) is 4.43. The Morgan fingerprint density at radius 2 is 1.95 bits per heavy atom. The van der Waals surface area contributed by atoms with E-state index in [0.717, 1.165) is 28.0 Å². The van der Waals surface area contributed by atoms with E-state index in [0.29, 0.717) is 11.7 Å². The molecule has 0 atom stereocenters. The van der Waals surface area contributed by atoms with E-state index < -0.39 is 0 Å². The molecule has 0 spiro atoms. The van der Waals surface area contributed by atoms with Gasteiger partial charge >= 0.3 is 0 Å². The molecule has 0 radical (unpaired) electrons. The SMILES string of the molecule is CCCOc1ccccc1NC(=S)Nc1cccc(Br)c1. The highest BCUT2D eigenvalue weighted by molar-refractivity contribution is 9.10. The van der Waals surface area contributed by atoms with E-state index >= 15 is 0 Å². The normalized spacial score (nSPS) is 10.0. The molecule has 2 aromatic rings. The van der Waals surface area contributed by atoms with Gasteiger partial charge in [-0.25, -0.2) is 0 Å². The monoisotopic (exact) mass is 364 g/mol. The van der Waals surface area contributed by atoms with Crippen molar-refractivity contribution in [2.24, 2.45) is 0 Å². The van der Waals surface area contributed by atoms with E-state index in [9.17, 15) is 0 Å². The predicted molar refractivity (Wildman–Crippen MR) is 96.2 cm³/mol. The smallest absolute Gasteiger partial charge is 0.175 e. The number of anilines is 2. The lowest BCUT2D eigenvalue weighted by Gasteiger charge is -2.14. The Morgan fingerprint density at radius 3 is 2.71 bits per heavy atom. The van der Waals surface area contributed by atoms with Crippen molar-refractivity contribution in [3.05, 3.63) is 53.0 Å². The van der Waals surface area contributed by atoms with Crippen LogP contribution >= 0.6 is 28.1 Å². The fourth-order valence-electron chi connectivity index (χ4n) is 1.76. The molecular weight excluding hydrogens is 348 g/mol. The molecule has 0 unspecified atom stereocenters. The molecule has 0 saturated carbocycles. The minimum Gasteiger partial charge on any atom is -0.491 e. The first-order chi connectivity index (χ1) is 10.2. The summed E-state index contributed by atoms with van der Waals surface area (Å²) in [5.41, 5.74) is 1.78. The van der Waals surface area contributed by atoms with Crippen LogP contribution in [0.2, 0.25) is 0 Å². The van der Waals surface area contributed by atoms with E-state index in [1.807, 2.05) is 48.5 Å². The number of halogens is 1. The third-order valence-corrected chi connectivity index (χ3v) is 3.38. The largest absolute Gasteiger partial charge is 0.491 e. The van der Waals surface area contributed by atoms with Crippen molar-refractivity contribution in [3.63, 3.8) is 0 Å². The van der Waals surface area contributed by atoms with E-state index in [-0.39, 0.29) is 0 Å². The van der Waals surface area contributed by atoms with Gasteiger partial charge in [0.1, 0.15) is 5.75 Å². The molecule has 3 nitrogen and oxygen atoms in total. The summed E-state index contributed by atoms with van der Waals surface area (Å²) in [4.78, 5) is 0. The summed E-state index contributed by atoms with van der Waals surface area (Å²) in [5, 5.41) is 6.85. The fourth-order valence-corrected chi connectivity index (χ4v) is 2.39. The van der Waals surface area contributed by atoms with Crippen molar-refractivity contribution in [3.8, 4) is 5.75 Å². The third kappa shape index (κ3) is 5.02. The summed E-state index contributed by atoms with van der Waals surface area (Å²) in [6.45, 7) is 2.76. The summed E-state index contributed by atoms with van der Waals surface area (Å²) in [7, 11) is 0. The average molecular weight is 365 g/mol. The standard InChI is InChI=1S/C16H17BrN2OS/c1-2-10-20-15-9-4-3-8-14(15)19-16(21)18-13-7-5-6-12(17)11-13/h3-9,11H,2,10H2,1H3,(H2,18,19,21). The molecule has 0 amide bonds. The molecule has 0 fully saturated rings. The summed E-state index contributed by atoms with van der Waals surface area (Å²) < 4.78 is 6.70. The number of benzene rings is 2. The van der Waals surface area contributed by atoms with Crippen molar-refractivity contribution in [1.29, 1.82) is 0 Å². The quantitative estimate of drug-likeness (QED) is 0.727. The van der Waals surface area contributed by atoms with Gasteiger partial charge in [0.05, 0.1) is 12.3 Å². The highest BCUT2D eigenvalue weighted by Gasteiger charge is 2.05. The van der Waals surface area contributed by atoms with Crippen LogP contribution in [0.5, 0.6) is 5.75 Å². The van der Waals surface area contributed by atoms with E-state index in [2.05, 4.69) is 33.5 Å². The van der Waals surface area contributed by atoms with Crippen LogP contribution in [0.15, 0.2) is 53.0 Å². The maximum absolute atomic E-state index is 5.70. The van der Waals surface area contributed by atoms with Gasteiger partial charge in [0.25, 0.3) is 0 Å². The van der Waals surface area contributed by atoms with Gasteiger partial charge in [-0.2, -0.15) is 0 Å². The van der Waals surface area contributed by atoms with Crippen molar-refractivity contribution in [2.45, 2.75) is 13.3 Å². The molecule has 2 N–H and O–H groups in total. The zero-order valence-electron chi connectivity index (χ0n) is 11.7. The topological polar surface area (TPSA) is 33.3 Å². The summed E-state index contributed by atoms with van der Waals surface area (Å²) in [6, 6.07) is 15.6. The van der Waals surface area contributed by atoms with Gasteiger partial charge in [-0.3, -0.25) is 0 Å². The minimum absolute atomic E-state index is 0.528. The molecule has 0 bridgehead atoms. The van der Waals surface area contributed by atoms with E-state index in [4.69, 9.17) is 17.0 Å². The van der Waals surface area contributed by atoms with Crippen LogP contribution in [0.1, 0.15) is 13.3 Å². The van der Waals surface area contributed by atoms with Gasteiger partial charge in [0, 0.05) is 10.2 Å². The molecule has 0 aliphatic carbocycles. The second kappa shape index (κ2) is 8.00. The molecule has 2 rings (SSSR count). The Morgan fingerprint density at radius 1 is 1.14 bits per heavy atom. The first-order valence-electron chi connectivity index (χ1n) is 6.74. The predicted octanol–water partition coefficient (Wildman–Crippen LogP) is 5.05. The van der Waals surface area contributed by atoms with Crippen LogP contribution in [0.4, 0.5) is 11.4 Å². The fraction of sp³-hybridized carbons (Fsp3) is 0.188. The molecule has 0 aromatic heterocycles. The van der Waals surface area contributed by atoms with Crippen molar-refractivity contribution in [2.75, 3.05) is 17.2 Å². The van der Waals surface area contributed by atoms with Crippen molar-refractivity contribution >= 4 is 44.6 Å². The first kappa shape index (κ1) is 15.8. The molecular formula is C16H17BrN2OS. The molecule has 0 heterocycles. The number of nitrogens with one attached hydrogen (secondary N) is 2. The maximum atomic E-state index is 5.70. The van der Waals surface area contributed by atoms with Crippen LogP contribution in [0, 0.1) is 0 Å². The number of hydrogen-bond donors (Lipinski definition) is 2. The van der Waals surface area contributed by atoms with E-state index in [1.54, 1.807) is 0 Å². The molecule has 2 aromatic carbocycles. The van der Waals surface area contributed by atoms with Crippen LogP contribution in [0.3, 0.4) is 0 Å². The summed E-state index contributed by atoms with van der Waals surface area (Å²) in [6.07, 6.45) is 0.967. The lowest BCUT2D eigenvalue weighted by Crippen LogP contribution is -2.19. The zero-order chi connectivity index (χ0) is 15.1. The number of ether oxygens (including phenoxy) is 1. The van der Waals surface area contributed by atoms with Crippen LogP contribution in [-0.4, -0.2) is 11.7 Å². The van der Waals surface area contributed by atoms with Gasteiger partial charge in [0.15, 0.2) is 5.11 Å². The van der Waals surface area contributed by atoms with Crippen LogP contribution in [-0.2, 0) is 0 Å². The Kier molecular flexibility index (Phi) is 6.02. The number of hydrogen-bond acceptors (Lipinski definition) is 2. The second-order valence-corrected chi connectivity index (χ2v) is 5.76.